The third kappa shape index (κ3) is 2.49. The van der Waals surface area contributed by atoms with Gasteiger partial charge in [0, 0.05) is 23.8 Å². The van der Waals surface area contributed by atoms with E-state index in [0.29, 0.717) is 0 Å². The normalized spacial score (nSPS) is 12.7. The lowest BCUT2D eigenvalue weighted by Gasteiger charge is -2.14. The van der Waals surface area contributed by atoms with Crippen molar-refractivity contribution in [2.24, 2.45) is 0 Å². The minimum atomic E-state index is 0.226. The standard InChI is InChI=1S/C12H18N4S/c1-5-13-12-15-8(2)6-16(12)10(4)11-14-9(3)7-17-11/h6-7,10H,5H2,1-4H3,(H,13,15). The van der Waals surface area contributed by atoms with Crippen LogP contribution in [0, 0.1) is 13.8 Å². The van der Waals surface area contributed by atoms with E-state index in [1.165, 1.54) is 0 Å². The molecule has 92 valence electrons. The number of hydrogen-bond donors (Lipinski definition) is 1. The van der Waals surface area contributed by atoms with Crippen molar-refractivity contribution in [2.45, 2.75) is 33.7 Å². The molecule has 0 fully saturated rings. The molecule has 0 spiro atoms. The van der Waals surface area contributed by atoms with E-state index < -0.39 is 0 Å². The molecule has 2 aromatic rings. The van der Waals surface area contributed by atoms with Gasteiger partial charge in [-0.2, -0.15) is 0 Å². The topological polar surface area (TPSA) is 42.7 Å². The molecule has 0 aliphatic heterocycles. The molecule has 5 heteroatoms. The Morgan fingerprint density at radius 3 is 2.71 bits per heavy atom. The number of rotatable bonds is 4. The Bertz CT molecular complexity index is 500. The van der Waals surface area contributed by atoms with Crippen LogP contribution in [-0.2, 0) is 0 Å². The van der Waals surface area contributed by atoms with Crippen LogP contribution in [-0.4, -0.2) is 21.1 Å². The molecule has 1 atom stereocenters. The van der Waals surface area contributed by atoms with Crippen molar-refractivity contribution in [3.05, 3.63) is 28.0 Å². The van der Waals surface area contributed by atoms with Gasteiger partial charge in [0.2, 0.25) is 5.95 Å². The Labute approximate surface area is 106 Å². The summed E-state index contributed by atoms with van der Waals surface area (Å²) >= 11 is 1.70. The maximum Gasteiger partial charge on any atom is 0.203 e. The van der Waals surface area contributed by atoms with Gasteiger partial charge in [0.15, 0.2) is 0 Å². The number of nitrogens with one attached hydrogen (secondary N) is 1. The number of aryl methyl sites for hydroxylation is 2. The summed E-state index contributed by atoms with van der Waals surface area (Å²) in [6.07, 6.45) is 2.07. The summed E-state index contributed by atoms with van der Waals surface area (Å²) in [6, 6.07) is 0.226. The van der Waals surface area contributed by atoms with Gasteiger partial charge in [-0.05, 0) is 27.7 Å². The average Bonchev–Trinajstić information content (AvgIpc) is 2.85. The highest BCUT2D eigenvalue weighted by Crippen LogP contribution is 2.25. The van der Waals surface area contributed by atoms with E-state index >= 15 is 0 Å². The minimum absolute atomic E-state index is 0.226. The fourth-order valence-corrected chi connectivity index (χ4v) is 2.63. The van der Waals surface area contributed by atoms with E-state index in [2.05, 4.69) is 45.3 Å². The van der Waals surface area contributed by atoms with E-state index in [9.17, 15) is 0 Å². The van der Waals surface area contributed by atoms with Crippen LogP contribution in [0.15, 0.2) is 11.6 Å². The summed E-state index contributed by atoms with van der Waals surface area (Å²) in [5, 5.41) is 6.49. The van der Waals surface area contributed by atoms with Crippen molar-refractivity contribution < 1.29 is 0 Å². The van der Waals surface area contributed by atoms with Crippen molar-refractivity contribution in [3.8, 4) is 0 Å². The molecule has 0 saturated heterocycles. The molecule has 1 unspecified atom stereocenters. The molecule has 0 aromatic carbocycles. The predicted molar refractivity (Wildman–Crippen MR) is 71.8 cm³/mol. The van der Waals surface area contributed by atoms with Crippen LogP contribution in [0.1, 0.15) is 36.3 Å². The van der Waals surface area contributed by atoms with Gasteiger partial charge in [-0.3, -0.25) is 0 Å². The third-order valence-electron chi connectivity index (χ3n) is 2.60. The van der Waals surface area contributed by atoms with E-state index in [1.54, 1.807) is 11.3 Å². The van der Waals surface area contributed by atoms with Gasteiger partial charge in [-0.25, -0.2) is 9.97 Å². The molecule has 0 radical (unpaired) electrons. The first-order valence-electron chi connectivity index (χ1n) is 5.83. The van der Waals surface area contributed by atoms with E-state index in [4.69, 9.17) is 0 Å². The SMILES string of the molecule is CCNc1nc(C)cn1C(C)c1nc(C)cs1. The highest BCUT2D eigenvalue weighted by molar-refractivity contribution is 7.09. The molecule has 0 saturated carbocycles. The van der Waals surface area contributed by atoms with Gasteiger partial charge in [0.05, 0.1) is 11.7 Å². The Balaban J connectivity index is 2.32. The van der Waals surface area contributed by atoms with E-state index in [1.807, 2.05) is 13.8 Å². The molecule has 0 bridgehead atoms. The zero-order chi connectivity index (χ0) is 12.4. The van der Waals surface area contributed by atoms with Crippen LogP contribution in [0.5, 0.6) is 0 Å². The number of anilines is 1. The van der Waals surface area contributed by atoms with Gasteiger partial charge in [-0.1, -0.05) is 0 Å². The van der Waals surface area contributed by atoms with Gasteiger partial charge in [0.25, 0.3) is 0 Å². The molecule has 0 amide bonds. The predicted octanol–water partition coefficient (Wildman–Crippen LogP) is 3.00. The lowest BCUT2D eigenvalue weighted by atomic mass is 10.3. The molecular weight excluding hydrogens is 232 g/mol. The van der Waals surface area contributed by atoms with Crippen LogP contribution in [0.3, 0.4) is 0 Å². The zero-order valence-corrected chi connectivity index (χ0v) is 11.5. The fourth-order valence-electron chi connectivity index (χ4n) is 1.78. The quantitative estimate of drug-likeness (QED) is 0.907. The molecule has 4 nitrogen and oxygen atoms in total. The number of hydrogen-bond acceptors (Lipinski definition) is 4. The summed E-state index contributed by atoms with van der Waals surface area (Å²) < 4.78 is 2.15. The second kappa shape index (κ2) is 4.87. The molecule has 2 heterocycles. The van der Waals surface area contributed by atoms with Gasteiger partial charge >= 0.3 is 0 Å². The Morgan fingerprint density at radius 1 is 1.35 bits per heavy atom. The second-order valence-electron chi connectivity index (χ2n) is 4.15. The Hall–Kier alpha value is -1.36. The van der Waals surface area contributed by atoms with Crippen molar-refractivity contribution in [1.82, 2.24) is 14.5 Å². The monoisotopic (exact) mass is 250 g/mol. The lowest BCUT2D eigenvalue weighted by molar-refractivity contribution is 0.638. The molecule has 2 rings (SSSR count). The maximum absolute atomic E-state index is 4.54. The summed E-state index contributed by atoms with van der Waals surface area (Å²) in [4.78, 5) is 9.02. The number of thiazole rings is 1. The highest BCUT2D eigenvalue weighted by Gasteiger charge is 2.15. The van der Waals surface area contributed by atoms with Crippen molar-refractivity contribution in [2.75, 3.05) is 11.9 Å². The molecule has 0 aliphatic rings. The summed E-state index contributed by atoms with van der Waals surface area (Å²) in [5.74, 6) is 0.922. The number of aromatic nitrogens is 3. The van der Waals surface area contributed by atoms with Crippen LogP contribution in [0.25, 0.3) is 0 Å². The summed E-state index contributed by atoms with van der Waals surface area (Å²) in [7, 11) is 0. The first kappa shape index (κ1) is 12.1. The lowest BCUT2D eigenvalue weighted by Crippen LogP contribution is -2.11. The Kier molecular flexibility index (Phi) is 3.47. The number of imidazole rings is 1. The summed E-state index contributed by atoms with van der Waals surface area (Å²) in [6.45, 7) is 9.14. The van der Waals surface area contributed by atoms with Crippen LogP contribution in [0.4, 0.5) is 5.95 Å². The van der Waals surface area contributed by atoms with Crippen molar-refractivity contribution in [1.29, 1.82) is 0 Å². The Morgan fingerprint density at radius 2 is 2.12 bits per heavy atom. The third-order valence-corrected chi connectivity index (χ3v) is 3.73. The smallest absolute Gasteiger partial charge is 0.203 e. The highest BCUT2D eigenvalue weighted by atomic mass is 32.1. The van der Waals surface area contributed by atoms with Gasteiger partial charge < -0.3 is 9.88 Å². The van der Waals surface area contributed by atoms with Crippen LogP contribution >= 0.6 is 11.3 Å². The zero-order valence-electron chi connectivity index (χ0n) is 10.7. The van der Waals surface area contributed by atoms with E-state index in [-0.39, 0.29) is 6.04 Å². The first-order valence-corrected chi connectivity index (χ1v) is 6.71. The van der Waals surface area contributed by atoms with Crippen LogP contribution < -0.4 is 5.32 Å². The largest absolute Gasteiger partial charge is 0.356 e. The molecular formula is C12H18N4S. The van der Waals surface area contributed by atoms with Gasteiger partial charge in [-0.15, -0.1) is 11.3 Å². The summed E-state index contributed by atoms with van der Waals surface area (Å²) in [5.41, 5.74) is 2.11. The number of nitrogens with zero attached hydrogens (tertiary/aromatic N) is 3. The first-order chi connectivity index (χ1) is 8.11. The van der Waals surface area contributed by atoms with Crippen molar-refractivity contribution in [3.63, 3.8) is 0 Å². The maximum atomic E-state index is 4.54. The molecule has 0 aliphatic carbocycles. The minimum Gasteiger partial charge on any atom is -0.356 e. The average molecular weight is 250 g/mol. The molecule has 1 N–H and O–H groups in total. The second-order valence-corrected chi connectivity index (χ2v) is 5.04. The van der Waals surface area contributed by atoms with Crippen LogP contribution in [0.2, 0.25) is 0 Å². The van der Waals surface area contributed by atoms with Crippen molar-refractivity contribution >= 4 is 17.3 Å². The molecule has 17 heavy (non-hydrogen) atoms. The van der Waals surface area contributed by atoms with E-state index in [0.717, 1.165) is 28.9 Å². The fraction of sp³-hybridized carbons (Fsp3) is 0.500. The molecule has 2 aromatic heterocycles. The van der Waals surface area contributed by atoms with Gasteiger partial charge in [0.1, 0.15) is 5.01 Å².